The maximum absolute atomic E-state index is 11.1. The van der Waals surface area contributed by atoms with E-state index in [0.717, 1.165) is 42.3 Å². The van der Waals surface area contributed by atoms with Gasteiger partial charge in [0.2, 0.25) is 16.2 Å². The third-order valence-electron chi connectivity index (χ3n) is 4.78. The molecule has 1 saturated heterocycles. The number of nitrogens with zero attached hydrogens (tertiary/aromatic N) is 6. The van der Waals surface area contributed by atoms with E-state index in [1.807, 2.05) is 18.3 Å². The molecule has 4 heterocycles. The molecular formula is C18H21N7OS. The first-order valence-electron chi connectivity index (χ1n) is 8.91. The van der Waals surface area contributed by atoms with Crippen LogP contribution < -0.4 is 10.2 Å². The minimum Gasteiger partial charge on any atom is -0.344 e. The van der Waals surface area contributed by atoms with Crippen molar-refractivity contribution in [2.45, 2.75) is 19.9 Å². The van der Waals surface area contributed by atoms with E-state index < -0.39 is 0 Å². The molecule has 1 fully saturated rings. The molecule has 1 aliphatic heterocycles. The van der Waals surface area contributed by atoms with E-state index in [4.69, 9.17) is 0 Å². The van der Waals surface area contributed by atoms with Gasteiger partial charge in [-0.1, -0.05) is 11.3 Å². The number of pyridine rings is 2. The Morgan fingerprint density at radius 1 is 1.19 bits per heavy atom. The standard InChI is InChI=1S/C18H21N7OS/c1-12(14-10-16-15(20-11-14)4-3-5-19-16)24-6-8-25(9-7-24)18-23-22-17(27-18)21-13(2)26/h3-5,10-12H,6-9H2,1-2H3,(H,21,22,26). The van der Waals surface area contributed by atoms with Gasteiger partial charge in [0.05, 0.1) is 11.0 Å². The van der Waals surface area contributed by atoms with Crippen LogP contribution >= 0.6 is 11.3 Å². The minimum atomic E-state index is -0.130. The number of nitrogens with one attached hydrogen (secondary N) is 1. The maximum atomic E-state index is 11.1. The van der Waals surface area contributed by atoms with E-state index in [2.05, 4.69) is 48.3 Å². The van der Waals surface area contributed by atoms with Crippen LogP contribution in [0.15, 0.2) is 30.6 Å². The molecule has 27 heavy (non-hydrogen) atoms. The Hall–Kier alpha value is -2.65. The van der Waals surface area contributed by atoms with Crippen LogP contribution in [0, 0.1) is 0 Å². The van der Waals surface area contributed by atoms with Crippen LogP contribution in [0.3, 0.4) is 0 Å². The number of rotatable bonds is 4. The van der Waals surface area contributed by atoms with Gasteiger partial charge >= 0.3 is 0 Å². The van der Waals surface area contributed by atoms with Crippen molar-refractivity contribution in [3.63, 3.8) is 0 Å². The van der Waals surface area contributed by atoms with Gasteiger partial charge in [0, 0.05) is 51.5 Å². The Morgan fingerprint density at radius 3 is 2.78 bits per heavy atom. The van der Waals surface area contributed by atoms with Crippen LogP contribution in [0.25, 0.3) is 11.0 Å². The summed E-state index contributed by atoms with van der Waals surface area (Å²) in [6.45, 7) is 7.28. The SMILES string of the molecule is CC(=O)Nc1nnc(N2CCN(C(C)c3cnc4cccnc4c3)CC2)s1. The molecule has 3 aromatic heterocycles. The normalized spacial score (nSPS) is 16.4. The highest BCUT2D eigenvalue weighted by molar-refractivity contribution is 7.19. The van der Waals surface area contributed by atoms with Gasteiger partial charge in [0.15, 0.2) is 0 Å². The van der Waals surface area contributed by atoms with E-state index in [1.165, 1.54) is 23.8 Å². The largest absolute Gasteiger partial charge is 0.344 e. The van der Waals surface area contributed by atoms with E-state index in [-0.39, 0.29) is 11.9 Å². The lowest BCUT2D eigenvalue weighted by Gasteiger charge is -2.37. The Balaban J connectivity index is 1.40. The Kier molecular flexibility index (Phi) is 4.95. The predicted octanol–water partition coefficient (Wildman–Crippen LogP) is 2.32. The number of fused-ring (bicyclic) bond motifs is 1. The molecule has 1 unspecified atom stereocenters. The average molecular weight is 383 g/mol. The molecule has 1 N–H and O–H groups in total. The summed E-state index contributed by atoms with van der Waals surface area (Å²) in [5.41, 5.74) is 3.03. The van der Waals surface area contributed by atoms with Gasteiger partial charge in [-0.2, -0.15) is 0 Å². The molecule has 1 atom stereocenters. The fourth-order valence-corrected chi connectivity index (χ4v) is 4.10. The Bertz CT molecular complexity index is 952. The monoisotopic (exact) mass is 383 g/mol. The highest BCUT2D eigenvalue weighted by atomic mass is 32.1. The summed E-state index contributed by atoms with van der Waals surface area (Å²) in [5.74, 6) is -0.130. The Morgan fingerprint density at radius 2 is 2.00 bits per heavy atom. The van der Waals surface area contributed by atoms with Crippen molar-refractivity contribution >= 4 is 38.5 Å². The summed E-state index contributed by atoms with van der Waals surface area (Å²) in [7, 11) is 0. The zero-order valence-electron chi connectivity index (χ0n) is 15.3. The second-order valence-corrected chi connectivity index (χ2v) is 7.54. The summed E-state index contributed by atoms with van der Waals surface area (Å²) < 4.78 is 0. The number of aromatic nitrogens is 4. The number of hydrogen-bond acceptors (Lipinski definition) is 8. The number of carbonyl (C=O) groups excluding carboxylic acids is 1. The van der Waals surface area contributed by atoms with Crippen molar-refractivity contribution < 1.29 is 4.79 Å². The van der Waals surface area contributed by atoms with Crippen LogP contribution in [-0.2, 0) is 4.79 Å². The molecule has 9 heteroatoms. The van der Waals surface area contributed by atoms with Crippen LogP contribution in [0.4, 0.5) is 10.3 Å². The molecule has 0 aromatic carbocycles. The number of piperazine rings is 1. The third-order valence-corrected chi connectivity index (χ3v) is 5.68. The maximum Gasteiger partial charge on any atom is 0.223 e. The van der Waals surface area contributed by atoms with Crippen LogP contribution in [0.2, 0.25) is 0 Å². The van der Waals surface area contributed by atoms with E-state index in [0.29, 0.717) is 5.13 Å². The molecule has 8 nitrogen and oxygen atoms in total. The first-order chi connectivity index (χ1) is 13.1. The first kappa shape index (κ1) is 17.7. The Labute approximate surface area is 161 Å². The van der Waals surface area contributed by atoms with Crippen molar-refractivity contribution in [1.82, 2.24) is 25.1 Å². The highest BCUT2D eigenvalue weighted by Crippen LogP contribution is 2.28. The summed E-state index contributed by atoms with van der Waals surface area (Å²) in [6, 6.07) is 6.29. The molecule has 0 aliphatic carbocycles. The van der Waals surface area contributed by atoms with Crippen molar-refractivity contribution in [1.29, 1.82) is 0 Å². The van der Waals surface area contributed by atoms with Gasteiger partial charge in [0.25, 0.3) is 0 Å². The highest BCUT2D eigenvalue weighted by Gasteiger charge is 2.24. The summed E-state index contributed by atoms with van der Waals surface area (Å²) >= 11 is 1.41. The minimum absolute atomic E-state index is 0.130. The lowest BCUT2D eigenvalue weighted by molar-refractivity contribution is -0.114. The molecule has 1 amide bonds. The number of carbonyl (C=O) groups is 1. The smallest absolute Gasteiger partial charge is 0.223 e. The third kappa shape index (κ3) is 3.88. The van der Waals surface area contributed by atoms with Crippen molar-refractivity contribution in [3.05, 3.63) is 36.2 Å². The molecule has 0 radical (unpaired) electrons. The summed E-state index contributed by atoms with van der Waals surface area (Å²) in [5, 5.41) is 12.3. The molecule has 4 rings (SSSR count). The van der Waals surface area contributed by atoms with Crippen molar-refractivity contribution in [3.8, 4) is 0 Å². The second-order valence-electron chi connectivity index (χ2n) is 6.58. The lowest BCUT2D eigenvalue weighted by Crippen LogP contribution is -2.47. The predicted molar refractivity (Wildman–Crippen MR) is 106 cm³/mol. The lowest BCUT2D eigenvalue weighted by atomic mass is 10.1. The summed E-state index contributed by atoms with van der Waals surface area (Å²) in [4.78, 5) is 24.7. The molecule has 0 spiro atoms. The van der Waals surface area contributed by atoms with Gasteiger partial charge in [-0.25, -0.2) is 0 Å². The van der Waals surface area contributed by atoms with Crippen LogP contribution in [-0.4, -0.2) is 57.2 Å². The molecule has 140 valence electrons. The van der Waals surface area contributed by atoms with Gasteiger partial charge in [-0.05, 0) is 30.7 Å². The number of amides is 1. The van der Waals surface area contributed by atoms with Gasteiger partial charge in [0.1, 0.15) is 0 Å². The molecule has 0 bridgehead atoms. The zero-order chi connectivity index (χ0) is 18.8. The topological polar surface area (TPSA) is 87.1 Å². The fraction of sp³-hybridized carbons (Fsp3) is 0.389. The van der Waals surface area contributed by atoms with Crippen LogP contribution in [0.5, 0.6) is 0 Å². The molecular weight excluding hydrogens is 362 g/mol. The first-order valence-corrected chi connectivity index (χ1v) is 9.72. The van der Waals surface area contributed by atoms with Crippen LogP contribution in [0.1, 0.15) is 25.5 Å². The quantitative estimate of drug-likeness (QED) is 0.740. The van der Waals surface area contributed by atoms with Crippen molar-refractivity contribution in [2.24, 2.45) is 0 Å². The number of anilines is 2. The average Bonchev–Trinajstić information content (AvgIpc) is 3.15. The zero-order valence-corrected chi connectivity index (χ0v) is 16.1. The second kappa shape index (κ2) is 7.53. The van der Waals surface area contributed by atoms with Gasteiger partial charge < -0.3 is 10.2 Å². The van der Waals surface area contributed by atoms with Gasteiger partial charge in [-0.3, -0.25) is 19.7 Å². The number of hydrogen-bond donors (Lipinski definition) is 1. The molecule has 1 aliphatic rings. The van der Waals surface area contributed by atoms with Crippen molar-refractivity contribution in [2.75, 3.05) is 36.4 Å². The van der Waals surface area contributed by atoms with Gasteiger partial charge in [-0.15, -0.1) is 10.2 Å². The van der Waals surface area contributed by atoms with E-state index in [1.54, 1.807) is 6.20 Å². The molecule has 3 aromatic rings. The van der Waals surface area contributed by atoms with E-state index in [9.17, 15) is 4.79 Å². The van der Waals surface area contributed by atoms with E-state index >= 15 is 0 Å². The molecule has 0 saturated carbocycles. The fourth-order valence-electron chi connectivity index (χ4n) is 3.25. The summed E-state index contributed by atoms with van der Waals surface area (Å²) in [6.07, 6.45) is 3.75.